The molecule has 7 heteroatoms. The van der Waals surface area contributed by atoms with E-state index in [9.17, 15) is 9.59 Å². The maximum Gasteiger partial charge on any atom is 0.258 e. The largest absolute Gasteiger partial charge is 0.494 e. The van der Waals surface area contributed by atoms with Crippen molar-refractivity contribution in [2.75, 3.05) is 44.8 Å². The van der Waals surface area contributed by atoms with Crippen LogP contribution in [0.4, 0.5) is 5.69 Å². The lowest BCUT2D eigenvalue weighted by Crippen LogP contribution is -2.39. The van der Waals surface area contributed by atoms with Gasteiger partial charge in [0, 0.05) is 48.8 Å². The van der Waals surface area contributed by atoms with Gasteiger partial charge in [-0.25, -0.2) is 0 Å². The van der Waals surface area contributed by atoms with Crippen LogP contribution in [0.3, 0.4) is 0 Å². The van der Waals surface area contributed by atoms with Crippen molar-refractivity contribution in [2.24, 2.45) is 0 Å². The summed E-state index contributed by atoms with van der Waals surface area (Å²) in [6.45, 7) is 7.26. The van der Waals surface area contributed by atoms with Gasteiger partial charge in [0.05, 0.1) is 26.2 Å². The van der Waals surface area contributed by atoms with Crippen molar-refractivity contribution in [1.29, 1.82) is 0 Å². The first-order valence-corrected chi connectivity index (χ1v) is 11.1. The van der Waals surface area contributed by atoms with E-state index in [1.807, 2.05) is 61.7 Å². The van der Waals surface area contributed by atoms with Crippen LogP contribution in [-0.2, 0) is 22.5 Å². The van der Waals surface area contributed by atoms with E-state index in [4.69, 9.17) is 9.47 Å². The number of pyridine rings is 1. The highest BCUT2D eigenvalue weighted by Crippen LogP contribution is 2.21. The van der Waals surface area contributed by atoms with E-state index in [0.29, 0.717) is 24.2 Å². The number of nitrogens with one attached hydrogen (secondary N) is 1. The Balaban J connectivity index is 1.45. The van der Waals surface area contributed by atoms with Crippen LogP contribution in [0.15, 0.2) is 59.5 Å². The van der Waals surface area contributed by atoms with Crippen LogP contribution in [0.1, 0.15) is 12.5 Å². The first-order chi connectivity index (χ1) is 15.6. The molecule has 1 aromatic heterocycles. The smallest absolute Gasteiger partial charge is 0.258 e. The molecule has 3 aromatic rings. The molecule has 1 amide bonds. The van der Waals surface area contributed by atoms with Crippen LogP contribution in [0.2, 0.25) is 0 Å². The zero-order valence-corrected chi connectivity index (χ0v) is 18.4. The van der Waals surface area contributed by atoms with E-state index >= 15 is 0 Å². The van der Waals surface area contributed by atoms with Gasteiger partial charge in [0.25, 0.3) is 5.56 Å². The average Bonchev–Trinajstić information content (AvgIpc) is 2.81. The lowest BCUT2D eigenvalue weighted by Gasteiger charge is -2.26. The molecule has 0 radical (unpaired) electrons. The second kappa shape index (κ2) is 10.4. The van der Waals surface area contributed by atoms with Crippen LogP contribution in [0.5, 0.6) is 5.75 Å². The van der Waals surface area contributed by atoms with Gasteiger partial charge in [0.15, 0.2) is 0 Å². The molecule has 0 aliphatic carbocycles. The third-order valence-electron chi connectivity index (χ3n) is 5.65. The summed E-state index contributed by atoms with van der Waals surface area (Å²) < 4.78 is 12.6. The lowest BCUT2D eigenvalue weighted by molar-refractivity contribution is -0.115. The molecule has 1 fully saturated rings. The van der Waals surface area contributed by atoms with Gasteiger partial charge in [-0.1, -0.05) is 18.2 Å². The van der Waals surface area contributed by atoms with Gasteiger partial charge in [-0.15, -0.1) is 0 Å². The van der Waals surface area contributed by atoms with Gasteiger partial charge >= 0.3 is 0 Å². The molecule has 4 rings (SSSR count). The van der Waals surface area contributed by atoms with E-state index in [0.717, 1.165) is 49.5 Å². The Kier molecular flexibility index (Phi) is 7.19. The fourth-order valence-electron chi connectivity index (χ4n) is 3.93. The van der Waals surface area contributed by atoms with Gasteiger partial charge in [0.2, 0.25) is 5.91 Å². The molecule has 1 aliphatic heterocycles. The number of hydrogen-bond donors (Lipinski definition) is 1. The lowest BCUT2D eigenvalue weighted by atomic mass is 10.1. The maximum absolute atomic E-state index is 13.0. The fourth-order valence-corrected chi connectivity index (χ4v) is 3.93. The van der Waals surface area contributed by atoms with Crippen molar-refractivity contribution in [3.8, 4) is 5.75 Å². The first-order valence-electron chi connectivity index (χ1n) is 11.1. The van der Waals surface area contributed by atoms with Crippen LogP contribution in [0, 0.1) is 0 Å². The molecule has 0 spiro atoms. The van der Waals surface area contributed by atoms with Crippen molar-refractivity contribution in [2.45, 2.75) is 19.9 Å². The van der Waals surface area contributed by atoms with Crippen molar-refractivity contribution < 1.29 is 14.3 Å². The topological polar surface area (TPSA) is 72.8 Å². The SMILES string of the molecule is CCOc1ccc(CC(=O)Nc2cccc3c(=O)n(CCN4CCOCC4)ccc23)cc1. The molecule has 1 N–H and O–H groups in total. The van der Waals surface area contributed by atoms with E-state index in [1.54, 1.807) is 4.57 Å². The highest BCUT2D eigenvalue weighted by Gasteiger charge is 2.13. The molecule has 1 aliphatic rings. The number of carbonyl (C=O) groups is 1. The van der Waals surface area contributed by atoms with Gasteiger partial charge in [-0.3, -0.25) is 14.5 Å². The number of rotatable bonds is 8. The third kappa shape index (κ3) is 5.36. The number of ether oxygens (including phenoxy) is 2. The zero-order valence-electron chi connectivity index (χ0n) is 18.4. The Morgan fingerprint density at radius 2 is 1.81 bits per heavy atom. The number of nitrogens with zero attached hydrogens (tertiary/aromatic N) is 2. The Morgan fingerprint density at radius 3 is 2.56 bits per heavy atom. The molecule has 0 atom stereocenters. The number of benzene rings is 2. The minimum atomic E-state index is -0.127. The highest BCUT2D eigenvalue weighted by atomic mass is 16.5. The molecule has 0 unspecified atom stereocenters. The summed E-state index contributed by atoms with van der Waals surface area (Å²) in [4.78, 5) is 27.9. The fraction of sp³-hybridized carbons (Fsp3) is 0.360. The molecule has 1 saturated heterocycles. The number of fused-ring (bicyclic) bond motifs is 1. The molecule has 0 saturated carbocycles. The molecule has 2 aromatic carbocycles. The summed E-state index contributed by atoms with van der Waals surface area (Å²) in [5.41, 5.74) is 1.51. The molecule has 168 valence electrons. The molecular formula is C25H29N3O4. The highest BCUT2D eigenvalue weighted by molar-refractivity contribution is 6.02. The number of amides is 1. The summed E-state index contributed by atoms with van der Waals surface area (Å²) in [7, 11) is 0. The molecule has 0 bridgehead atoms. The Bertz CT molecular complexity index is 1120. The quantitative estimate of drug-likeness (QED) is 0.589. The standard InChI is InChI=1S/C25H29N3O4/c1-2-32-20-8-6-19(7-9-20)18-24(29)26-23-5-3-4-22-21(23)10-11-28(25(22)30)13-12-27-14-16-31-17-15-27/h3-11H,2,12-18H2,1H3,(H,26,29). The second-order valence-corrected chi connectivity index (χ2v) is 7.84. The van der Waals surface area contributed by atoms with Gasteiger partial charge in [0.1, 0.15) is 5.75 Å². The Labute approximate surface area is 187 Å². The number of aromatic nitrogens is 1. The predicted octanol–water partition coefficient (Wildman–Crippen LogP) is 2.91. The van der Waals surface area contributed by atoms with Crippen molar-refractivity contribution >= 4 is 22.4 Å². The van der Waals surface area contributed by atoms with Crippen LogP contribution in [0.25, 0.3) is 10.8 Å². The number of hydrogen-bond acceptors (Lipinski definition) is 5. The van der Waals surface area contributed by atoms with E-state index in [1.165, 1.54) is 0 Å². The van der Waals surface area contributed by atoms with E-state index in [-0.39, 0.29) is 17.9 Å². The van der Waals surface area contributed by atoms with Crippen molar-refractivity contribution in [1.82, 2.24) is 9.47 Å². The Morgan fingerprint density at radius 1 is 1.03 bits per heavy atom. The van der Waals surface area contributed by atoms with Gasteiger partial charge in [-0.2, -0.15) is 0 Å². The summed E-state index contributed by atoms with van der Waals surface area (Å²) in [6, 6.07) is 14.9. The number of morpholine rings is 1. The summed E-state index contributed by atoms with van der Waals surface area (Å²) in [5.74, 6) is 0.661. The maximum atomic E-state index is 13.0. The van der Waals surface area contributed by atoms with E-state index < -0.39 is 0 Å². The minimum Gasteiger partial charge on any atom is -0.494 e. The van der Waals surface area contributed by atoms with Gasteiger partial charge < -0.3 is 19.4 Å². The van der Waals surface area contributed by atoms with Crippen LogP contribution in [-0.4, -0.2) is 54.8 Å². The molecular weight excluding hydrogens is 406 g/mol. The van der Waals surface area contributed by atoms with Crippen molar-refractivity contribution in [3.05, 3.63) is 70.6 Å². The first kappa shape index (κ1) is 22.0. The Hall–Kier alpha value is -3.16. The van der Waals surface area contributed by atoms with E-state index in [2.05, 4.69) is 10.2 Å². The molecule has 2 heterocycles. The predicted molar refractivity (Wildman–Crippen MR) is 125 cm³/mol. The minimum absolute atomic E-state index is 0.0432. The van der Waals surface area contributed by atoms with Gasteiger partial charge in [-0.05, 0) is 42.8 Å². The monoisotopic (exact) mass is 435 g/mol. The summed E-state index contributed by atoms with van der Waals surface area (Å²) in [6.07, 6.45) is 2.06. The third-order valence-corrected chi connectivity index (χ3v) is 5.65. The normalized spacial score (nSPS) is 14.4. The number of anilines is 1. The molecule has 32 heavy (non-hydrogen) atoms. The average molecular weight is 436 g/mol. The van der Waals surface area contributed by atoms with Crippen LogP contribution >= 0.6 is 0 Å². The second-order valence-electron chi connectivity index (χ2n) is 7.84. The zero-order chi connectivity index (χ0) is 22.3. The molecule has 7 nitrogen and oxygen atoms in total. The number of carbonyl (C=O) groups excluding carboxylic acids is 1. The summed E-state index contributed by atoms with van der Waals surface area (Å²) in [5, 5.41) is 4.32. The van der Waals surface area contributed by atoms with Crippen LogP contribution < -0.4 is 15.6 Å². The van der Waals surface area contributed by atoms with Crippen molar-refractivity contribution in [3.63, 3.8) is 0 Å². The summed E-state index contributed by atoms with van der Waals surface area (Å²) >= 11 is 0.